The summed E-state index contributed by atoms with van der Waals surface area (Å²) in [6.07, 6.45) is 4.15. The maximum atomic E-state index is 13.4. The SMILES string of the molecule is N#Cc1ccc2nnn(CCCCN3CCC(c4noc5cc(F)ccc45)CC3)c2c1. The number of benzene rings is 2. The Kier molecular flexibility index (Phi) is 5.35. The Morgan fingerprint density at radius 1 is 1.10 bits per heavy atom. The molecule has 158 valence electrons. The Morgan fingerprint density at radius 3 is 2.77 bits per heavy atom. The number of aromatic nitrogens is 4. The number of aryl methyl sites for hydroxylation is 1. The smallest absolute Gasteiger partial charge is 0.170 e. The zero-order valence-corrected chi connectivity index (χ0v) is 17.2. The number of piperidine rings is 1. The second kappa shape index (κ2) is 8.44. The number of nitriles is 1. The van der Waals surface area contributed by atoms with Gasteiger partial charge < -0.3 is 9.42 Å². The van der Waals surface area contributed by atoms with Gasteiger partial charge in [0.15, 0.2) is 5.58 Å². The van der Waals surface area contributed by atoms with Crippen LogP contribution in [-0.4, -0.2) is 44.7 Å². The van der Waals surface area contributed by atoms with E-state index in [2.05, 4.69) is 26.4 Å². The lowest BCUT2D eigenvalue weighted by atomic mass is 9.91. The Morgan fingerprint density at radius 2 is 1.94 bits per heavy atom. The summed E-state index contributed by atoms with van der Waals surface area (Å²) < 4.78 is 20.6. The van der Waals surface area contributed by atoms with E-state index in [1.807, 2.05) is 16.8 Å². The zero-order chi connectivity index (χ0) is 21.2. The molecule has 0 radical (unpaired) electrons. The van der Waals surface area contributed by atoms with Crippen molar-refractivity contribution >= 4 is 22.0 Å². The van der Waals surface area contributed by atoms with Crippen LogP contribution in [0.1, 0.15) is 42.9 Å². The molecule has 0 amide bonds. The van der Waals surface area contributed by atoms with Gasteiger partial charge >= 0.3 is 0 Å². The highest BCUT2D eigenvalue weighted by molar-refractivity contribution is 5.80. The molecule has 0 unspecified atom stereocenters. The van der Waals surface area contributed by atoms with Crippen LogP contribution in [0.15, 0.2) is 40.9 Å². The van der Waals surface area contributed by atoms with Crippen molar-refractivity contribution in [1.29, 1.82) is 5.26 Å². The molecule has 2 aromatic heterocycles. The maximum absolute atomic E-state index is 13.4. The second-order valence-corrected chi connectivity index (χ2v) is 8.16. The lowest BCUT2D eigenvalue weighted by Gasteiger charge is -2.31. The molecule has 0 bridgehead atoms. The molecule has 1 aliphatic heterocycles. The van der Waals surface area contributed by atoms with Gasteiger partial charge in [0, 0.05) is 23.9 Å². The van der Waals surface area contributed by atoms with Crippen molar-refractivity contribution in [2.45, 2.75) is 38.1 Å². The van der Waals surface area contributed by atoms with Crippen LogP contribution < -0.4 is 0 Å². The van der Waals surface area contributed by atoms with E-state index < -0.39 is 0 Å². The minimum atomic E-state index is -0.297. The first-order chi connectivity index (χ1) is 15.2. The predicted octanol–water partition coefficient (Wildman–Crippen LogP) is 4.24. The molecule has 1 fully saturated rings. The van der Waals surface area contributed by atoms with Crippen molar-refractivity contribution in [2.24, 2.45) is 0 Å². The maximum Gasteiger partial charge on any atom is 0.170 e. The first-order valence-electron chi connectivity index (χ1n) is 10.7. The first-order valence-corrected chi connectivity index (χ1v) is 10.7. The molecule has 3 heterocycles. The van der Waals surface area contributed by atoms with Crippen molar-refractivity contribution in [2.75, 3.05) is 19.6 Å². The van der Waals surface area contributed by atoms with Gasteiger partial charge in [0.25, 0.3) is 0 Å². The van der Waals surface area contributed by atoms with Gasteiger partial charge in [-0.2, -0.15) is 5.26 Å². The van der Waals surface area contributed by atoms with Crippen LogP contribution >= 0.6 is 0 Å². The van der Waals surface area contributed by atoms with E-state index in [-0.39, 0.29) is 5.82 Å². The standard InChI is InChI=1S/C23H23FN6O/c24-18-4-5-19-22(14-18)31-27-23(19)17-7-11-29(12-8-17)9-1-2-10-30-21-13-16(15-25)3-6-20(21)26-28-30/h3-6,13-14,17H,1-2,7-12H2. The van der Waals surface area contributed by atoms with E-state index in [0.29, 0.717) is 17.1 Å². The quantitative estimate of drug-likeness (QED) is 0.436. The highest BCUT2D eigenvalue weighted by Crippen LogP contribution is 2.32. The van der Waals surface area contributed by atoms with Crippen molar-refractivity contribution in [3.8, 4) is 6.07 Å². The summed E-state index contributed by atoms with van der Waals surface area (Å²) in [5, 5.41) is 22.7. The lowest BCUT2D eigenvalue weighted by Crippen LogP contribution is -2.33. The van der Waals surface area contributed by atoms with E-state index in [4.69, 9.17) is 9.78 Å². The summed E-state index contributed by atoms with van der Waals surface area (Å²) in [6.45, 7) is 3.90. The Bertz CT molecular complexity index is 1250. The highest BCUT2D eigenvalue weighted by Gasteiger charge is 2.24. The van der Waals surface area contributed by atoms with Crippen LogP contribution in [0.5, 0.6) is 0 Å². The molecule has 5 rings (SSSR count). The van der Waals surface area contributed by atoms with Crippen molar-refractivity contribution in [1.82, 2.24) is 25.1 Å². The fourth-order valence-electron chi connectivity index (χ4n) is 4.45. The number of unbranched alkanes of at least 4 members (excludes halogenated alkanes) is 1. The van der Waals surface area contributed by atoms with Crippen molar-refractivity contribution in [3.63, 3.8) is 0 Å². The van der Waals surface area contributed by atoms with Gasteiger partial charge in [0.2, 0.25) is 0 Å². The molecular formula is C23H23FN6O. The fraction of sp³-hybridized carbons (Fsp3) is 0.391. The van der Waals surface area contributed by atoms with Gasteiger partial charge in [-0.3, -0.25) is 0 Å². The molecule has 1 aliphatic rings. The number of halogens is 1. The average Bonchev–Trinajstić information content (AvgIpc) is 3.40. The third-order valence-electron chi connectivity index (χ3n) is 6.17. The van der Waals surface area contributed by atoms with Gasteiger partial charge in [-0.15, -0.1) is 5.10 Å². The number of rotatable bonds is 6. The number of fused-ring (bicyclic) bond motifs is 2. The first kappa shape index (κ1) is 19.6. The summed E-state index contributed by atoms with van der Waals surface area (Å²) in [4.78, 5) is 2.49. The molecule has 0 atom stereocenters. The molecule has 0 aliphatic carbocycles. The summed E-state index contributed by atoms with van der Waals surface area (Å²) >= 11 is 0. The normalized spacial score (nSPS) is 15.6. The largest absolute Gasteiger partial charge is 0.356 e. The average molecular weight is 418 g/mol. The van der Waals surface area contributed by atoms with Gasteiger partial charge in [-0.05, 0) is 75.6 Å². The van der Waals surface area contributed by atoms with Crippen molar-refractivity contribution in [3.05, 3.63) is 53.5 Å². The molecular weight excluding hydrogens is 395 g/mol. The van der Waals surface area contributed by atoms with Gasteiger partial charge in [-0.1, -0.05) is 10.4 Å². The van der Waals surface area contributed by atoms with E-state index in [0.717, 1.165) is 74.0 Å². The Labute approximate surface area is 179 Å². The van der Waals surface area contributed by atoms with Crippen LogP contribution in [0, 0.1) is 17.1 Å². The number of likely N-dealkylation sites (tertiary alicyclic amines) is 1. The Hall–Kier alpha value is -3.31. The molecule has 8 heteroatoms. The predicted molar refractivity (Wildman–Crippen MR) is 114 cm³/mol. The van der Waals surface area contributed by atoms with Gasteiger partial charge in [0.05, 0.1) is 22.8 Å². The summed E-state index contributed by atoms with van der Waals surface area (Å²) in [7, 11) is 0. The molecule has 0 saturated carbocycles. The molecule has 4 aromatic rings. The minimum Gasteiger partial charge on any atom is -0.356 e. The van der Waals surface area contributed by atoms with Crippen LogP contribution in [-0.2, 0) is 6.54 Å². The molecule has 2 aromatic carbocycles. The summed E-state index contributed by atoms with van der Waals surface area (Å²) in [6, 6.07) is 12.3. The van der Waals surface area contributed by atoms with Crippen LogP contribution in [0.25, 0.3) is 22.0 Å². The lowest BCUT2D eigenvalue weighted by molar-refractivity contribution is 0.204. The van der Waals surface area contributed by atoms with Crippen molar-refractivity contribution < 1.29 is 8.91 Å². The van der Waals surface area contributed by atoms with Gasteiger partial charge in [0.1, 0.15) is 11.3 Å². The van der Waals surface area contributed by atoms with Crippen LogP contribution in [0.3, 0.4) is 0 Å². The minimum absolute atomic E-state index is 0.297. The van der Waals surface area contributed by atoms with E-state index >= 15 is 0 Å². The summed E-state index contributed by atoms with van der Waals surface area (Å²) in [5.41, 5.74) is 3.86. The highest BCUT2D eigenvalue weighted by atomic mass is 19.1. The third kappa shape index (κ3) is 4.01. The van der Waals surface area contributed by atoms with E-state index in [9.17, 15) is 4.39 Å². The molecule has 7 nitrogen and oxygen atoms in total. The second-order valence-electron chi connectivity index (χ2n) is 8.16. The zero-order valence-electron chi connectivity index (χ0n) is 17.2. The fourth-order valence-corrected chi connectivity index (χ4v) is 4.45. The summed E-state index contributed by atoms with van der Waals surface area (Å²) in [5.74, 6) is 0.0632. The topological polar surface area (TPSA) is 83.8 Å². The molecule has 0 spiro atoms. The molecule has 31 heavy (non-hydrogen) atoms. The Balaban J connectivity index is 1.11. The van der Waals surface area contributed by atoms with Gasteiger partial charge in [-0.25, -0.2) is 9.07 Å². The number of hydrogen-bond donors (Lipinski definition) is 0. The number of hydrogen-bond acceptors (Lipinski definition) is 6. The monoisotopic (exact) mass is 418 g/mol. The van der Waals surface area contributed by atoms with E-state index in [1.165, 1.54) is 12.1 Å². The number of nitrogens with zero attached hydrogens (tertiary/aromatic N) is 6. The van der Waals surface area contributed by atoms with E-state index in [1.54, 1.807) is 12.1 Å². The third-order valence-corrected chi connectivity index (χ3v) is 6.17. The molecule has 1 saturated heterocycles. The van der Waals surface area contributed by atoms with Crippen LogP contribution in [0.4, 0.5) is 4.39 Å². The molecule has 0 N–H and O–H groups in total. The van der Waals surface area contributed by atoms with Crippen LogP contribution in [0.2, 0.25) is 0 Å².